The summed E-state index contributed by atoms with van der Waals surface area (Å²) in [6.07, 6.45) is 2.62. The smallest absolute Gasteiger partial charge is 0.223 e. The average Bonchev–Trinajstić information content (AvgIpc) is 2.62. The van der Waals surface area contributed by atoms with E-state index >= 15 is 0 Å². The van der Waals surface area contributed by atoms with Crippen LogP contribution in [0.5, 0.6) is 5.75 Å². The van der Waals surface area contributed by atoms with E-state index in [0.717, 1.165) is 44.2 Å². The standard InChI is InChI=1S/C19H30N4O2.HI/c1-4-20-19(21-13-10-18(24)22(2)3)23-14-11-17(12-15-23)25-16-8-6-5-7-9-16;/h5-9,17H,4,10-15H2,1-3H3,(H,20,21);1H. The van der Waals surface area contributed by atoms with Crippen molar-refractivity contribution >= 4 is 35.8 Å². The number of nitrogens with zero attached hydrogens (tertiary/aromatic N) is 3. The van der Waals surface area contributed by atoms with Crippen LogP contribution >= 0.6 is 24.0 Å². The van der Waals surface area contributed by atoms with Crippen LogP contribution in [-0.4, -0.2) is 68.0 Å². The Kier molecular flexibility index (Phi) is 10.4. The molecule has 0 aromatic heterocycles. The third-order valence-corrected chi connectivity index (χ3v) is 4.21. The number of hydrogen-bond acceptors (Lipinski definition) is 3. The van der Waals surface area contributed by atoms with Crippen LogP contribution in [-0.2, 0) is 4.79 Å². The second-order valence-electron chi connectivity index (χ2n) is 6.39. The Morgan fingerprint density at radius 2 is 1.92 bits per heavy atom. The maximum absolute atomic E-state index is 11.7. The number of para-hydroxylation sites is 1. The molecule has 1 N–H and O–H groups in total. The highest BCUT2D eigenvalue weighted by molar-refractivity contribution is 14.0. The lowest BCUT2D eigenvalue weighted by Crippen LogP contribution is -2.47. The summed E-state index contributed by atoms with van der Waals surface area (Å²) in [7, 11) is 3.55. The molecule has 146 valence electrons. The molecule has 0 spiro atoms. The molecular weight excluding hydrogens is 443 g/mol. The van der Waals surface area contributed by atoms with Gasteiger partial charge in [0.25, 0.3) is 0 Å². The highest BCUT2D eigenvalue weighted by Gasteiger charge is 2.22. The number of halogens is 1. The number of aliphatic imine (C=N–C) groups is 1. The highest BCUT2D eigenvalue weighted by Crippen LogP contribution is 2.18. The number of benzene rings is 1. The Hall–Kier alpha value is -1.51. The van der Waals surface area contributed by atoms with Crippen molar-refractivity contribution in [2.24, 2.45) is 4.99 Å². The molecule has 1 aromatic carbocycles. The van der Waals surface area contributed by atoms with Gasteiger partial charge in [-0.3, -0.25) is 9.79 Å². The molecule has 0 atom stereocenters. The van der Waals surface area contributed by atoms with Gasteiger partial charge in [-0.2, -0.15) is 0 Å². The van der Waals surface area contributed by atoms with E-state index in [1.165, 1.54) is 0 Å². The lowest BCUT2D eigenvalue weighted by Gasteiger charge is -2.34. The van der Waals surface area contributed by atoms with Gasteiger partial charge in [-0.1, -0.05) is 18.2 Å². The first kappa shape index (κ1) is 22.5. The van der Waals surface area contributed by atoms with E-state index in [4.69, 9.17) is 4.74 Å². The average molecular weight is 474 g/mol. The maximum Gasteiger partial charge on any atom is 0.223 e. The molecule has 0 unspecified atom stereocenters. The van der Waals surface area contributed by atoms with Crippen LogP contribution in [0.3, 0.4) is 0 Å². The van der Waals surface area contributed by atoms with Crippen LogP contribution in [0.15, 0.2) is 35.3 Å². The van der Waals surface area contributed by atoms with Crippen molar-refractivity contribution in [3.05, 3.63) is 30.3 Å². The summed E-state index contributed by atoms with van der Waals surface area (Å²) in [6, 6.07) is 9.99. The molecule has 0 radical (unpaired) electrons. The lowest BCUT2D eigenvalue weighted by molar-refractivity contribution is -0.128. The quantitative estimate of drug-likeness (QED) is 0.391. The monoisotopic (exact) mass is 474 g/mol. The number of carbonyl (C=O) groups is 1. The molecule has 1 heterocycles. The summed E-state index contributed by atoms with van der Waals surface area (Å²) < 4.78 is 6.05. The molecule has 1 amide bonds. The summed E-state index contributed by atoms with van der Waals surface area (Å²) in [4.78, 5) is 20.2. The van der Waals surface area contributed by atoms with Crippen molar-refractivity contribution in [1.29, 1.82) is 0 Å². The van der Waals surface area contributed by atoms with Gasteiger partial charge >= 0.3 is 0 Å². The molecule has 6 nitrogen and oxygen atoms in total. The molecule has 0 bridgehead atoms. The second kappa shape index (κ2) is 12.0. The van der Waals surface area contributed by atoms with Crippen LogP contribution < -0.4 is 10.1 Å². The minimum atomic E-state index is 0. The highest BCUT2D eigenvalue weighted by atomic mass is 127. The normalized spacial score (nSPS) is 15.2. The molecular formula is C19H31IN4O2. The van der Waals surface area contributed by atoms with Crippen molar-refractivity contribution in [2.45, 2.75) is 32.3 Å². The number of rotatable bonds is 6. The molecule has 1 fully saturated rings. The minimum Gasteiger partial charge on any atom is -0.490 e. The first-order chi connectivity index (χ1) is 12.1. The zero-order chi connectivity index (χ0) is 18.1. The minimum absolute atomic E-state index is 0. The van der Waals surface area contributed by atoms with Gasteiger partial charge in [-0.15, -0.1) is 24.0 Å². The maximum atomic E-state index is 11.7. The number of ether oxygens (including phenoxy) is 1. The molecule has 1 saturated heterocycles. The van der Waals surface area contributed by atoms with Gasteiger partial charge in [0, 0.05) is 53.0 Å². The fourth-order valence-corrected chi connectivity index (χ4v) is 2.78. The topological polar surface area (TPSA) is 57.2 Å². The molecule has 2 rings (SSSR count). The number of carbonyl (C=O) groups excluding carboxylic acids is 1. The first-order valence-corrected chi connectivity index (χ1v) is 9.05. The summed E-state index contributed by atoms with van der Waals surface area (Å²) in [6.45, 7) is 5.21. The molecule has 1 aromatic rings. The fourth-order valence-electron chi connectivity index (χ4n) is 2.78. The molecule has 7 heteroatoms. The number of nitrogens with one attached hydrogen (secondary N) is 1. The number of likely N-dealkylation sites (tertiary alicyclic amines) is 1. The third kappa shape index (κ3) is 7.39. The zero-order valence-corrected chi connectivity index (χ0v) is 18.3. The Labute approximate surface area is 174 Å². The van der Waals surface area contributed by atoms with Crippen molar-refractivity contribution in [3.8, 4) is 5.75 Å². The third-order valence-electron chi connectivity index (χ3n) is 4.21. The molecule has 1 aliphatic rings. The summed E-state index contributed by atoms with van der Waals surface area (Å²) in [5.74, 6) is 1.94. The molecule has 0 saturated carbocycles. The van der Waals surface area contributed by atoms with Gasteiger partial charge in [-0.25, -0.2) is 0 Å². The van der Waals surface area contributed by atoms with E-state index in [1.54, 1.807) is 19.0 Å². The van der Waals surface area contributed by atoms with Crippen molar-refractivity contribution < 1.29 is 9.53 Å². The summed E-state index contributed by atoms with van der Waals surface area (Å²) in [5, 5.41) is 3.33. The van der Waals surface area contributed by atoms with E-state index in [0.29, 0.717) is 13.0 Å². The number of guanidine groups is 1. The zero-order valence-electron chi connectivity index (χ0n) is 16.0. The number of piperidine rings is 1. The SMILES string of the molecule is CCNC(=NCCC(=O)N(C)C)N1CCC(Oc2ccccc2)CC1.I. The summed E-state index contributed by atoms with van der Waals surface area (Å²) in [5.41, 5.74) is 0. The van der Waals surface area contributed by atoms with E-state index < -0.39 is 0 Å². The molecule has 0 aliphatic carbocycles. The van der Waals surface area contributed by atoms with Gasteiger partial charge in [0.15, 0.2) is 5.96 Å². The first-order valence-electron chi connectivity index (χ1n) is 9.05. The van der Waals surface area contributed by atoms with E-state index in [-0.39, 0.29) is 36.0 Å². The number of hydrogen-bond donors (Lipinski definition) is 1. The van der Waals surface area contributed by atoms with Crippen molar-refractivity contribution in [2.75, 3.05) is 40.3 Å². The fraction of sp³-hybridized carbons (Fsp3) is 0.579. The van der Waals surface area contributed by atoms with Crippen molar-refractivity contribution in [3.63, 3.8) is 0 Å². The Bertz CT molecular complexity index is 558. The van der Waals surface area contributed by atoms with Crippen LogP contribution in [0.25, 0.3) is 0 Å². The molecule has 1 aliphatic heterocycles. The predicted octanol–water partition coefficient (Wildman–Crippen LogP) is 2.59. The van der Waals surface area contributed by atoms with Crippen molar-refractivity contribution in [1.82, 2.24) is 15.1 Å². The van der Waals surface area contributed by atoms with Crippen LogP contribution in [0.4, 0.5) is 0 Å². The van der Waals surface area contributed by atoms with Crippen LogP contribution in [0, 0.1) is 0 Å². The summed E-state index contributed by atoms with van der Waals surface area (Å²) >= 11 is 0. The predicted molar refractivity (Wildman–Crippen MR) is 116 cm³/mol. The van der Waals surface area contributed by atoms with Gasteiger partial charge in [0.2, 0.25) is 5.91 Å². The van der Waals surface area contributed by atoms with Gasteiger partial charge in [0.1, 0.15) is 11.9 Å². The largest absolute Gasteiger partial charge is 0.490 e. The van der Waals surface area contributed by atoms with E-state index in [1.807, 2.05) is 30.3 Å². The molecule has 26 heavy (non-hydrogen) atoms. The number of amides is 1. The van der Waals surface area contributed by atoms with Gasteiger partial charge in [-0.05, 0) is 19.1 Å². The lowest BCUT2D eigenvalue weighted by atomic mass is 10.1. The van der Waals surface area contributed by atoms with Gasteiger partial charge in [0.05, 0.1) is 6.54 Å². The van der Waals surface area contributed by atoms with Gasteiger partial charge < -0.3 is 19.9 Å². The van der Waals surface area contributed by atoms with E-state index in [9.17, 15) is 4.79 Å². The Balaban J connectivity index is 0.00000338. The Morgan fingerprint density at radius 1 is 1.27 bits per heavy atom. The second-order valence-corrected chi connectivity index (χ2v) is 6.39. The van der Waals surface area contributed by atoms with E-state index in [2.05, 4.69) is 22.1 Å². The van der Waals surface area contributed by atoms with Crippen LogP contribution in [0.1, 0.15) is 26.2 Å². The Morgan fingerprint density at radius 3 is 2.50 bits per heavy atom. The van der Waals surface area contributed by atoms with Crippen LogP contribution in [0.2, 0.25) is 0 Å².